The van der Waals surface area contributed by atoms with E-state index in [1.54, 1.807) is 18.2 Å². The fourth-order valence-corrected chi connectivity index (χ4v) is 4.48. The lowest BCUT2D eigenvalue weighted by Crippen LogP contribution is -2.44. The standard InChI is InChI=1S/C26H31BN2O5/c1-7-26(5)25(3,4)33-27(34-26)22-15-20-17(12-10-13-18(20)23(30)29-22)16(2)28-21-14-9-8-11-19(21)24(31)32-6/h8-16,28H,7H2,1-6H3,(H,29,30). The number of fused-ring (bicyclic) bond motifs is 1. The average molecular weight is 462 g/mol. The van der Waals surface area contributed by atoms with Gasteiger partial charge in [-0.05, 0) is 69.3 Å². The van der Waals surface area contributed by atoms with Crippen LogP contribution in [0.2, 0.25) is 0 Å². The number of methoxy groups -OCH3 is 1. The summed E-state index contributed by atoms with van der Waals surface area (Å²) in [4.78, 5) is 28.2. The molecule has 0 saturated carbocycles. The molecule has 0 spiro atoms. The molecule has 1 aromatic heterocycles. The molecule has 7 nitrogen and oxygen atoms in total. The van der Waals surface area contributed by atoms with E-state index in [-0.39, 0.29) is 11.6 Å². The molecule has 1 aliphatic heterocycles. The van der Waals surface area contributed by atoms with Crippen LogP contribution in [0.3, 0.4) is 0 Å². The highest BCUT2D eigenvalue weighted by atomic mass is 16.7. The summed E-state index contributed by atoms with van der Waals surface area (Å²) < 4.78 is 17.4. The van der Waals surface area contributed by atoms with Gasteiger partial charge in [-0.3, -0.25) is 4.79 Å². The molecule has 178 valence electrons. The number of rotatable bonds is 6. The van der Waals surface area contributed by atoms with Gasteiger partial charge in [-0.2, -0.15) is 0 Å². The summed E-state index contributed by atoms with van der Waals surface area (Å²) in [7, 11) is 0.687. The number of pyridine rings is 1. The minimum absolute atomic E-state index is 0.202. The van der Waals surface area contributed by atoms with Gasteiger partial charge < -0.3 is 24.3 Å². The fourth-order valence-electron chi connectivity index (χ4n) is 4.48. The second-order valence-electron chi connectivity index (χ2n) is 9.43. The van der Waals surface area contributed by atoms with Gasteiger partial charge in [-0.15, -0.1) is 0 Å². The van der Waals surface area contributed by atoms with Crippen LogP contribution in [0.1, 0.15) is 63.0 Å². The van der Waals surface area contributed by atoms with E-state index in [2.05, 4.69) is 17.2 Å². The van der Waals surface area contributed by atoms with E-state index in [4.69, 9.17) is 14.0 Å². The first-order valence-corrected chi connectivity index (χ1v) is 11.6. The van der Waals surface area contributed by atoms with E-state index in [0.29, 0.717) is 22.2 Å². The molecule has 4 rings (SSSR count). The van der Waals surface area contributed by atoms with Crippen molar-refractivity contribution in [2.75, 3.05) is 12.4 Å². The number of H-pyrrole nitrogens is 1. The molecule has 0 aliphatic carbocycles. The third kappa shape index (κ3) is 4.12. The van der Waals surface area contributed by atoms with Crippen LogP contribution in [-0.4, -0.2) is 36.4 Å². The smallest absolute Gasteiger partial charge is 0.465 e. The molecule has 2 atom stereocenters. The molecule has 8 heteroatoms. The van der Waals surface area contributed by atoms with E-state index < -0.39 is 24.3 Å². The fraction of sp³-hybridized carbons (Fsp3) is 0.385. The highest BCUT2D eigenvalue weighted by Crippen LogP contribution is 2.39. The zero-order valence-corrected chi connectivity index (χ0v) is 20.5. The maximum atomic E-state index is 13.0. The Kier molecular flexibility index (Phi) is 6.31. The summed E-state index contributed by atoms with van der Waals surface area (Å²) in [6, 6.07) is 14.6. The summed E-state index contributed by atoms with van der Waals surface area (Å²) in [6.45, 7) is 10.1. The van der Waals surface area contributed by atoms with Crippen molar-refractivity contribution in [2.24, 2.45) is 0 Å². The van der Waals surface area contributed by atoms with Crippen LogP contribution < -0.4 is 16.5 Å². The van der Waals surface area contributed by atoms with Crippen molar-refractivity contribution in [3.63, 3.8) is 0 Å². The van der Waals surface area contributed by atoms with Crippen molar-refractivity contribution in [1.82, 2.24) is 4.98 Å². The van der Waals surface area contributed by atoms with Crippen molar-refractivity contribution in [3.8, 4) is 0 Å². The molecule has 1 aliphatic rings. The van der Waals surface area contributed by atoms with Crippen LogP contribution in [0.4, 0.5) is 5.69 Å². The van der Waals surface area contributed by atoms with Gasteiger partial charge >= 0.3 is 13.1 Å². The maximum Gasteiger partial charge on any atom is 0.512 e. The molecule has 2 heterocycles. The van der Waals surface area contributed by atoms with E-state index in [1.165, 1.54) is 7.11 Å². The monoisotopic (exact) mass is 462 g/mol. The Morgan fingerprint density at radius 3 is 2.53 bits per heavy atom. The molecule has 1 fully saturated rings. The van der Waals surface area contributed by atoms with Crippen LogP contribution in [0, 0.1) is 0 Å². The van der Waals surface area contributed by atoms with E-state index >= 15 is 0 Å². The molecule has 3 aromatic rings. The Hall–Kier alpha value is -3.10. The molecule has 2 unspecified atom stereocenters. The first-order valence-electron chi connectivity index (χ1n) is 11.6. The highest BCUT2D eigenvalue weighted by molar-refractivity contribution is 6.61. The molecule has 0 bridgehead atoms. The molecule has 0 amide bonds. The lowest BCUT2D eigenvalue weighted by molar-refractivity contribution is -0.0118. The Bertz CT molecular complexity index is 1290. The number of aromatic amines is 1. The lowest BCUT2D eigenvalue weighted by atomic mass is 9.82. The van der Waals surface area contributed by atoms with Gasteiger partial charge in [0.25, 0.3) is 5.56 Å². The Morgan fingerprint density at radius 2 is 1.85 bits per heavy atom. The Balaban J connectivity index is 1.74. The summed E-state index contributed by atoms with van der Waals surface area (Å²) in [6.07, 6.45) is 0.778. The predicted octanol–water partition coefficient (Wildman–Crippen LogP) is 4.18. The zero-order valence-electron chi connectivity index (χ0n) is 20.5. The summed E-state index contributed by atoms with van der Waals surface area (Å²) in [5.41, 5.74) is 1.42. The van der Waals surface area contributed by atoms with Crippen LogP contribution >= 0.6 is 0 Å². The number of nitrogens with one attached hydrogen (secondary N) is 2. The quantitative estimate of drug-likeness (QED) is 0.422. The highest BCUT2D eigenvalue weighted by Gasteiger charge is 2.54. The molecule has 2 N–H and O–H groups in total. The van der Waals surface area contributed by atoms with Crippen LogP contribution in [0.15, 0.2) is 53.3 Å². The van der Waals surface area contributed by atoms with Gasteiger partial charge in [0.05, 0.1) is 23.9 Å². The van der Waals surface area contributed by atoms with Gasteiger partial charge in [0.15, 0.2) is 0 Å². The molecule has 0 radical (unpaired) electrons. The second-order valence-corrected chi connectivity index (χ2v) is 9.43. The third-order valence-electron chi connectivity index (χ3n) is 7.08. The zero-order chi connectivity index (χ0) is 24.7. The summed E-state index contributed by atoms with van der Waals surface area (Å²) in [5.74, 6) is -0.413. The predicted molar refractivity (Wildman–Crippen MR) is 135 cm³/mol. The number of hydrogen-bond acceptors (Lipinski definition) is 6. The van der Waals surface area contributed by atoms with Crippen LogP contribution in [0.5, 0.6) is 0 Å². The van der Waals surface area contributed by atoms with Crippen molar-refractivity contribution < 1.29 is 18.8 Å². The van der Waals surface area contributed by atoms with E-state index in [0.717, 1.165) is 17.4 Å². The number of anilines is 1. The van der Waals surface area contributed by atoms with Crippen molar-refractivity contribution in [2.45, 2.75) is 58.3 Å². The van der Waals surface area contributed by atoms with Gasteiger partial charge in [-0.25, -0.2) is 4.79 Å². The Morgan fingerprint density at radius 1 is 1.12 bits per heavy atom. The number of carbonyl (C=O) groups excluding carboxylic acids is 1. The molecule has 34 heavy (non-hydrogen) atoms. The van der Waals surface area contributed by atoms with Gasteiger partial charge in [0.2, 0.25) is 0 Å². The van der Waals surface area contributed by atoms with Crippen LogP contribution in [-0.2, 0) is 14.0 Å². The topological polar surface area (TPSA) is 89.6 Å². The number of hydrogen-bond donors (Lipinski definition) is 2. The van der Waals surface area contributed by atoms with E-state index in [9.17, 15) is 9.59 Å². The van der Waals surface area contributed by atoms with Crippen molar-refractivity contribution in [3.05, 3.63) is 70.0 Å². The number of aromatic nitrogens is 1. The van der Waals surface area contributed by atoms with Gasteiger partial charge in [0, 0.05) is 22.7 Å². The summed E-state index contributed by atoms with van der Waals surface area (Å²) >= 11 is 0. The largest absolute Gasteiger partial charge is 0.512 e. The maximum absolute atomic E-state index is 13.0. The number of para-hydroxylation sites is 1. The lowest BCUT2D eigenvalue weighted by Gasteiger charge is -2.35. The first-order chi connectivity index (χ1) is 16.1. The minimum atomic E-state index is -0.673. The van der Waals surface area contributed by atoms with E-state index in [1.807, 2.05) is 58.0 Å². The van der Waals surface area contributed by atoms with Crippen LogP contribution in [0.25, 0.3) is 10.8 Å². The average Bonchev–Trinajstić information content (AvgIpc) is 3.07. The number of carbonyl (C=O) groups is 1. The second kappa shape index (κ2) is 8.93. The number of esters is 1. The number of ether oxygens (including phenoxy) is 1. The van der Waals surface area contributed by atoms with Crippen molar-refractivity contribution >= 4 is 35.1 Å². The Labute approximate surface area is 200 Å². The summed E-state index contributed by atoms with van der Waals surface area (Å²) in [5, 5.41) is 4.78. The molecule has 2 aromatic carbocycles. The third-order valence-corrected chi connectivity index (χ3v) is 7.08. The molecular formula is C26H31BN2O5. The SMILES string of the molecule is CCC1(C)OB(c2cc3c(C(C)Nc4ccccc4C(=O)OC)cccc3c(=O)[nH]2)OC1(C)C. The molecular weight excluding hydrogens is 431 g/mol. The first kappa shape index (κ1) is 24.0. The normalized spacial score (nSPS) is 20.4. The minimum Gasteiger partial charge on any atom is -0.465 e. The number of benzene rings is 2. The molecule has 1 saturated heterocycles. The van der Waals surface area contributed by atoms with Gasteiger partial charge in [0.1, 0.15) is 0 Å². The van der Waals surface area contributed by atoms with Crippen molar-refractivity contribution in [1.29, 1.82) is 0 Å². The van der Waals surface area contributed by atoms with Gasteiger partial charge in [-0.1, -0.05) is 31.2 Å².